The highest BCUT2D eigenvalue weighted by Crippen LogP contribution is 2.39. The van der Waals surface area contributed by atoms with Crippen molar-refractivity contribution in [3.8, 4) is 5.75 Å². The van der Waals surface area contributed by atoms with E-state index in [9.17, 15) is 4.79 Å². The maximum absolute atomic E-state index is 11.0. The van der Waals surface area contributed by atoms with Crippen LogP contribution in [-0.2, 0) is 4.79 Å². The van der Waals surface area contributed by atoms with Crippen molar-refractivity contribution in [1.82, 2.24) is 0 Å². The Morgan fingerprint density at radius 2 is 1.82 bits per heavy atom. The fourth-order valence-corrected chi connectivity index (χ4v) is 2.26. The van der Waals surface area contributed by atoms with Crippen molar-refractivity contribution in [2.45, 2.75) is 27.7 Å². The molecule has 0 unspecified atom stereocenters. The van der Waals surface area contributed by atoms with Gasteiger partial charge in [0, 0.05) is 4.47 Å². The van der Waals surface area contributed by atoms with E-state index in [1.54, 1.807) is 14.0 Å². The lowest BCUT2D eigenvalue weighted by atomic mass is 10.0. The van der Waals surface area contributed by atoms with Crippen LogP contribution in [0.25, 0.3) is 0 Å². The fourth-order valence-electron chi connectivity index (χ4n) is 1.76. The first-order chi connectivity index (χ1) is 7.90. The number of ether oxygens (including phenoxy) is 1. The van der Waals surface area contributed by atoms with Crippen LogP contribution in [0.3, 0.4) is 0 Å². The number of ketones is 1. The SMILES string of the molecule is COc1c(C)c(C)c(Br)c(C)c1NCC(C)=O. The number of carbonyl (C=O) groups excluding carboxylic acids is 1. The summed E-state index contributed by atoms with van der Waals surface area (Å²) in [5.41, 5.74) is 4.19. The average molecular weight is 300 g/mol. The van der Waals surface area contributed by atoms with Gasteiger partial charge in [0.1, 0.15) is 11.5 Å². The van der Waals surface area contributed by atoms with E-state index < -0.39 is 0 Å². The molecule has 0 aliphatic carbocycles. The summed E-state index contributed by atoms with van der Waals surface area (Å²) >= 11 is 3.57. The third-order valence-electron chi connectivity index (χ3n) is 2.88. The highest BCUT2D eigenvalue weighted by Gasteiger charge is 2.16. The van der Waals surface area contributed by atoms with Crippen LogP contribution >= 0.6 is 15.9 Å². The van der Waals surface area contributed by atoms with Crippen LogP contribution in [0, 0.1) is 20.8 Å². The van der Waals surface area contributed by atoms with Crippen molar-refractivity contribution in [2.24, 2.45) is 0 Å². The molecule has 3 nitrogen and oxygen atoms in total. The number of hydrogen-bond acceptors (Lipinski definition) is 3. The first-order valence-corrected chi connectivity index (χ1v) is 6.26. The molecule has 0 atom stereocenters. The maximum atomic E-state index is 11.0. The molecule has 17 heavy (non-hydrogen) atoms. The Labute approximate surface area is 111 Å². The van der Waals surface area contributed by atoms with Gasteiger partial charge in [-0.3, -0.25) is 4.79 Å². The molecular formula is C13H18BrNO2. The van der Waals surface area contributed by atoms with Gasteiger partial charge in [0.15, 0.2) is 0 Å². The van der Waals surface area contributed by atoms with E-state index in [-0.39, 0.29) is 5.78 Å². The molecule has 0 aliphatic rings. The zero-order valence-corrected chi connectivity index (χ0v) is 12.5. The Hall–Kier alpha value is -1.03. The van der Waals surface area contributed by atoms with Crippen molar-refractivity contribution in [2.75, 3.05) is 19.0 Å². The predicted octanol–water partition coefficient (Wildman–Crippen LogP) is 3.38. The van der Waals surface area contributed by atoms with Crippen LogP contribution < -0.4 is 10.1 Å². The van der Waals surface area contributed by atoms with Crippen LogP contribution in [0.4, 0.5) is 5.69 Å². The third-order valence-corrected chi connectivity index (χ3v) is 4.07. The second kappa shape index (κ2) is 5.54. The normalized spacial score (nSPS) is 10.2. The highest BCUT2D eigenvalue weighted by molar-refractivity contribution is 9.10. The molecule has 0 heterocycles. The van der Waals surface area contributed by atoms with Gasteiger partial charge in [-0.25, -0.2) is 0 Å². The summed E-state index contributed by atoms with van der Waals surface area (Å²) in [7, 11) is 1.65. The summed E-state index contributed by atoms with van der Waals surface area (Å²) in [6, 6.07) is 0. The fraction of sp³-hybridized carbons (Fsp3) is 0.462. The zero-order valence-electron chi connectivity index (χ0n) is 10.9. The molecule has 0 amide bonds. The van der Waals surface area contributed by atoms with Crippen molar-refractivity contribution in [1.29, 1.82) is 0 Å². The Morgan fingerprint density at radius 3 is 2.29 bits per heavy atom. The van der Waals surface area contributed by atoms with Gasteiger partial charge in [0.2, 0.25) is 0 Å². The van der Waals surface area contributed by atoms with E-state index >= 15 is 0 Å². The van der Waals surface area contributed by atoms with Crippen molar-refractivity contribution >= 4 is 27.4 Å². The molecule has 4 heteroatoms. The predicted molar refractivity (Wildman–Crippen MR) is 74.1 cm³/mol. The molecule has 1 N–H and O–H groups in total. The molecule has 1 aromatic rings. The molecular weight excluding hydrogens is 282 g/mol. The summed E-state index contributed by atoms with van der Waals surface area (Å²) < 4.78 is 6.49. The molecule has 0 saturated carbocycles. The summed E-state index contributed by atoms with van der Waals surface area (Å²) in [5, 5.41) is 3.14. The molecule has 1 rings (SSSR count). The summed E-state index contributed by atoms with van der Waals surface area (Å²) in [5.74, 6) is 0.908. The number of nitrogens with one attached hydrogen (secondary N) is 1. The molecule has 0 radical (unpaired) electrons. The van der Waals surface area contributed by atoms with Gasteiger partial charge in [-0.1, -0.05) is 15.9 Å². The van der Waals surface area contributed by atoms with E-state index in [4.69, 9.17) is 4.74 Å². The quantitative estimate of drug-likeness (QED) is 0.926. The second-order valence-corrected chi connectivity index (χ2v) is 4.95. The van der Waals surface area contributed by atoms with Gasteiger partial charge in [-0.05, 0) is 44.4 Å². The van der Waals surface area contributed by atoms with Gasteiger partial charge in [-0.2, -0.15) is 0 Å². The lowest BCUT2D eigenvalue weighted by Gasteiger charge is -2.19. The highest BCUT2D eigenvalue weighted by atomic mass is 79.9. The minimum atomic E-state index is 0.0980. The average Bonchev–Trinajstić information content (AvgIpc) is 2.29. The molecule has 0 aromatic heterocycles. The first kappa shape index (κ1) is 14.0. The van der Waals surface area contributed by atoms with Crippen LogP contribution in [0.2, 0.25) is 0 Å². The Morgan fingerprint density at radius 1 is 1.24 bits per heavy atom. The smallest absolute Gasteiger partial charge is 0.148 e. The van der Waals surface area contributed by atoms with Crippen molar-refractivity contribution in [3.05, 3.63) is 21.2 Å². The molecule has 0 saturated heterocycles. The standard InChI is InChI=1S/C13H18BrNO2/c1-7(16)6-15-12-10(4)11(14)8(2)9(3)13(12)17-5/h15H,6H2,1-5H3. The number of benzene rings is 1. The number of halogens is 1. The first-order valence-electron chi connectivity index (χ1n) is 5.46. The van der Waals surface area contributed by atoms with Crippen molar-refractivity contribution in [3.63, 3.8) is 0 Å². The summed E-state index contributed by atoms with van der Waals surface area (Å²) in [6.07, 6.45) is 0. The number of Topliss-reactive ketones (excluding diaryl/α,β-unsaturated/α-hetero) is 1. The van der Waals surface area contributed by atoms with Crippen LogP contribution in [0.15, 0.2) is 4.47 Å². The van der Waals surface area contributed by atoms with Gasteiger partial charge in [0.25, 0.3) is 0 Å². The number of anilines is 1. The van der Waals surface area contributed by atoms with Crippen molar-refractivity contribution < 1.29 is 9.53 Å². The second-order valence-electron chi connectivity index (χ2n) is 4.15. The van der Waals surface area contributed by atoms with E-state index in [2.05, 4.69) is 21.2 Å². The molecule has 1 aromatic carbocycles. The van der Waals surface area contributed by atoms with Gasteiger partial charge in [-0.15, -0.1) is 0 Å². The van der Waals surface area contributed by atoms with Gasteiger partial charge in [0.05, 0.1) is 19.3 Å². The van der Waals surface area contributed by atoms with Crippen LogP contribution in [0.5, 0.6) is 5.75 Å². The van der Waals surface area contributed by atoms with E-state index in [1.807, 2.05) is 20.8 Å². The maximum Gasteiger partial charge on any atom is 0.148 e. The number of carbonyl (C=O) groups is 1. The van der Waals surface area contributed by atoms with E-state index in [1.165, 1.54) is 0 Å². The number of rotatable bonds is 4. The largest absolute Gasteiger partial charge is 0.494 e. The molecule has 0 spiro atoms. The number of hydrogen-bond donors (Lipinski definition) is 1. The zero-order chi connectivity index (χ0) is 13.2. The molecule has 0 fully saturated rings. The summed E-state index contributed by atoms with van der Waals surface area (Å²) in [4.78, 5) is 11.0. The molecule has 94 valence electrons. The third kappa shape index (κ3) is 2.80. The van der Waals surface area contributed by atoms with Crippen LogP contribution in [0.1, 0.15) is 23.6 Å². The van der Waals surface area contributed by atoms with E-state index in [0.717, 1.165) is 32.6 Å². The van der Waals surface area contributed by atoms with Crippen LogP contribution in [-0.4, -0.2) is 19.4 Å². The molecule has 0 bridgehead atoms. The molecule has 0 aliphatic heterocycles. The lowest BCUT2D eigenvalue weighted by molar-refractivity contribution is -0.115. The topological polar surface area (TPSA) is 38.3 Å². The monoisotopic (exact) mass is 299 g/mol. The van der Waals surface area contributed by atoms with E-state index in [0.29, 0.717) is 6.54 Å². The number of methoxy groups -OCH3 is 1. The lowest BCUT2D eigenvalue weighted by Crippen LogP contribution is -2.12. The Kier molecular flexibility index (Phi) is 4.57. The summed E-state index contributed by atoms with van der Waals surface area (Å²) in [6.45, 7) is 7.93. The van der Waals surface area contributed by atoms with Gasteiger partial charge >= 0.3 is 0 Å². The van der Waals surface area contributed by atoms with Gasteiger partial charge < -0.3 is 10.1 Å². The Balaban J connectivity index is 3.31. The minimum absolute atomic E-state index is 0.0980. The minimum Gasteiger partial charge on any atom is -0.494 e. The Bertz CT molecular complexity index is 455.